The van der Waals surface area contributed by atoms with Gasteiger partial charge in [0.05, 0.1) is 4.90 Å². The lowest BCUT2D eigenvalue weighted by Gasteiger charge is -2.06. The van der Waals surface area contributed by atoms with E-state index in [1.54, 1.807) is 42.5 Å². The molecule has 4 nitrogen and oxygen atoms in total. The summed E-state index contributed by atoms with van der Waals surface area (Å²) < 4.78 is 24.0. The summed E-state index contributed by atoms with van der Waals surface area (Å²) in [5.41, 5.74) is 0.502. The molecule has 0 aromatic heterocycles. The van der Waals surface area contributed by atoms with Gasteiger partial charge in [-0.1, -0.05) is 29.8 Å². The molecule has 0 aliphatic rings. The summed E-state index contributed by atoms with van der Waals surface area (Å²) in [6.45, 7) is 0. The Kier molecular flexibility index (Phi) is 4.42. The van der Waals surface area contributed by atoms with Crippen molar-refractivity contribution in [1.29, 1.82) is 0 Å². The maximum atomic E-state index is 12.0. The van der Waals surface area contributed by atoms with E-state index in [0.717, 1.165) is 0 Å². The Bertz CT molecular complexity index is 697. The third-order valence-corrected chi connectivity index (χ3v) is 4.44. The normalized spacial score (nSPS) is 11.1. The van der Waals surface area contributed by atoms with Gasteiger partial charge in [-0.05, 0) is 36.4 Å². The Morgan fingerprint density at radius 1 is 1.00 bits per heavy atom. The summed E-state index contributed by atoms with van der Waals surface area (Å²) in [4.78, 5) is 11.9. The van der Waals surface area contributed by atoms with E-state index < -0.39 is 21.5 Å². The summed E-state index contributed by atoms with van der Waals surface area (Å²) in [5.74, 6) is -1.18. The molecule has 0 fully saturated rings. The van der Waals surface area contributed by atoms with Gasteiger partial charge in [0, 0.05) is 10.7 Å². The van der Waals surface area contributed by atoms with Crippen LogP contribution >= 0.6 is 11.6 Å². The third kappa shape index (κ3) is 3.82. The predicted octanol–water partition coefficient (Wildman–Crippen LogP) is 2.75. The van der Waals surface area contributed by atoms with Gasteiger partial charge < -0.3 is 5.32 Å². The Labute approximate surface area is 122 Å². The van der Waals surface area contributed by atoms with Crippen LogP contribution in [-0.2, 0) is 14.6 Å². The molecule has 0 radical (unpaired) electrons. The Balaban J connectivity index is 2.06. The van der Waals surface area contributed by atoms with Gasteiger partial charge in [0.15, 0.2) is 9.84 Å². The van der Waals surface area contributed by atoms with Crippen LogP contribution in [0.2, 0.25) is 5.02 Å². The smallest absolute Gasteiger partial charge is 0.239 e. The lowest BCUT2D eigenvalue weighted by atomic mass is 10.3. The van der Waals surface area contributed by atoms with Gasteiger partial charge >= 0.3 is 0 Å². The van der Waals surface area contributed by atoms with E-state index in [-0.39, 0.29) is 4.90 Å². The van der Waals surface area contributed by atoms with E-state index in [1.165, 1.54) is 12.1 Å². The van der Waals surface area contributed by atoms with Gasteiger partial charge in [-0.3, -0.25) is 4.79 Å². The lowest BCUT2D eigenvalue weighted by Crippen LogP contribution is -2.22. The van der Waals surface area contributed by atoms with Crippen LogP contribution < -0.4 is 5.32 Å². The standard InChI is InChI=1S/C14H12ClNO3S/c15-11-6-8-12(9-7-11)16-14(17)10-20(18,19)13-4-2-1-3-5-13/h1-9H,10H2,(H,16,17). The number of nitrogens with one attached hydrogen (secondary N) is 1. The third-order valence-electron chi connectivity index (χ3n) is 2.55. The average molecular weight is 310 g/mol. The van der Waals surface area contributed by atoms with Crippen molar-refractivity contribution in [2.45, 2.75) is 4.90 Å². The van der Waals surface area contributed by atoms with Crippen molar-refractivity contribution in [2.75, 3.05) is 11.1 Å². The first-order valence-electron chi connectivity index (χ1n) is 5.80. The molecule has 2 rings (SSSR count). The fraction of sp³-hybridized carbons (Fsp3) is 0.0714. The molecule has 104 valence electrons. The second-order valence-electron chi connectivity index (χ2n) is 4.13. The zero-order valence-electron chi connectivity index (χ0n) is 10.4. The SMILES string of the molecule is O=C(CS(=O)(=O)c1ccccc1)Nc1ccc(Cl)cc1. The maximum Gasteiger partial charge on any atom is 0.239 e. The molecule has 0 aliphatic heterocycles. The van der Waals surface area contributed by atoms with Crippen LogP contribution in [0.1, 0.15) is 0 Å². The molecule has 0 spiro atoms. The molecule has 0 aliphatic carbocycles. The molecule has 0 bridgehead atoms. The topological polar surface area (TPSA) is 63.2 Å². The van der Waals surface area contributed by atoms with Crippen LogP contribution in [0.4, 0.5) is 5.69 Å². The van der Waals surface area contributed by atoms with Gasteiger partial charge in [-0.15, -0.1) is 0 Å². The van der Waals surface area contributed by atoms with Crippen molar-refractivity contribution in [3.05, 3.63) is 59.6 Å². The van der Waals surface area contributed by atoms with Gasteiger partial charge in [0.1, 0.15) is 5.75 Å². The average Bonchev–Trinajstić information content (AvgIpc) is 2.42. The van der Waals surface area contributed by atoms with E-state index in [9.17, 15) is 13.2 Å². The summed E-state index contributed by atoms with van der Waals surface area (Å²) in [6.07, 6.45) is 0. The fourth-order valence-corrected chi connectivity index (χ4v) is 2.90. The van der Waals surface area contributed by atoms with E-state index in [1.807, 2.05) is 0 Å². The molecule has 20 heavy (non-hydrogen) atoms. The molecular formula is C14H12ClNO3S. The van der Waals surface area contributed by atoms with E-state index >= 15 is 0 Å². The van der Waals surface area contributed by atoms with E-state index in [4.69, 9.17) is 11.6 Å². The highest BCUT2D eigenvalue weighted by molar-refractivity contribution is 7.92. The fourth-order valence-electron chi connectivity index (χ4n) is 1.61. The Hall–Kier alpha value is -1.85. The van der Waals surface area contributed by atoms with Crippen LogP contribution in [0, 0.1) is 0 Å². The van der Waals surface area contributed by atoms with Crippen molar-refractivity contribution in [1.82, 2.24) is 0 Å². The monoisotopic (exact) mass is 309 g/mol. The Morgan fingerprint density at radius 3 is 2.20 bits per heavy atom. The molecular weight excluding hydrogens is 298 g/mol. The summed E-state index contributed by atoms with van der Waals surface area (Å²) in [5, 5.41) is 3.06. The quantitative estimate of drug-likeness (QED) is 0.944. The van der Waals surface area contributed by atoms with Crippen LogP contribution in [-0.4, -0.2) is 20.1 Å². The van der Waals surface area contributed by atoms with Crippen LogP contribution in [0.15, 0.2) is 59.5 Å². The number of anilines is 1. The van der Waals surface area contributed by atoms with Crippen molar-refractivity contribution in [3.63, 3.8) is 0 Å². The zero-order valence-corrected chi connectivity index (χ0v) is 12.0. The molecule has 0 saturated heterocycles. The molecule has 1 amide bonds. The van der Waals surface area contributed by atoms with Crippen molar-refractivity contribution >= 4 is 33.0 Å². The van der Waals surface area contributed by atoms with Crippen LogP contribution in [0.25, 0.3) is 0 Å². The summed E-state index contributed by atoms with van der Waals surface area (Å²) >= 11 is 5.73. The number of benzene rings is 2. The minimum absolute atomic E-state index is 0.131. The number of carbonyl (C=O) groups excluding carboxylic acids is 1. The van der Waals surface area contributed by atoms with E-state index in [2.05, 4.69) is 5.32 Å². The molecule has 0 atom stereocenters. The maximum absolute atomic E-state index is 12.0. The summed E-state index contributed by atoms with van der Waals surface area (Å²) in [7, 11) is -3.63. The highest BCUT2D eigenvalue weighted by atomic mass is 35.5. The Morgan fingerprint density at radius 2 is 1.60 bits per heavy atom. The lowest BCUT2D eigenvalue weighted by molar-refractivity contribution is -0.113. The highest BCUT2D eigenvalue weighted by Gasteiger charge is 2.18. The molecule has 0 unspecified atom stereocenters. The molecule has 0 heterocycles. The summed E-state index contributed by atoms with van der Waals surface area (Å²) in [6, 6.07) is 14.3. The molecule has 6 heteroatoms. The van der Waals surface area contributed by atoms with Crippen molar-refractivity contribution in [2.24, 2.45) is 0 Å². The molecule has 1 N–H and O–H groups in total. The van der Waals surface area contributed by atoms with Gasteiger partial charge in [0.25, 0.3) is 0 Å². The number of sulfone groups is 1. The number of hydrogen-bond donors (Lipinski definition) is 1. The first-order chi connectivity index (χ1) is 9.47. The van der Waals surface area contributed by atoms with E-state index in [0.29, 0.717) is 10.7 Å². The minimum Gasteiger partial charge on any atom is -0.325 e. The minimum atomic E-state index is -3.63. The second kappa shape index (κ2) is 6.07. The second-order valence-corrected chi connectivity index (χ2v) is 6.55. The van der Waals surface area contributed by atoms with Crippen molar-refractivity contribution < 1.29 is 13.2 Å². The van der Waals surface area contributed by atoms with Gasteiger partial charge in [-0.25, -0.2) is 8.42 Å². The van der Waals surface area contributed by atoms with Gasteiger partial charge in [-0.2, -0.15) is 0 Å². The first-order valence-corrected chi connectivity index (χ1v) is 7.84. The van der Waals surface area contributed by atoms with Crippen molar-refractivity contribution in [3.8, 4) is 0 Å². The first kappa shape index (κ1) is 14.6. The highest BCUT2D eigenvalue weighted by Crippen LogP contribution is 2.14. The van der Waals surface area contributed by atoms with Gasteiger partial charge in [0.2, 0.25) is 5.91 Å². The number of rotatable bonds is 4. The number of carbonyl (C=O) groups is 1. The zero-order chi connectivity index (χ0) is 14.6. The largest absolute Gasteiger partial charge is 0.325 e. The molecule has 2 aromatic carbocycles. The van der Waals surface area contributed by atoms with Crippen LogP contribution in [0.3, 0.4) is 0 Å². The molecule has 2 aromatic rings. The number of amides is 1. The predicted molar refractivity (Wildman–Crippen MR) is 78.6 cm³/mol. The number of hydrogen-bond acceptors (Lipinski definition) is 3. The number of halogens is 1. The molecule has 0 saturated carbocycles. The van der Waals surface area contributed by atoms with Crippen LogP contribution in [0.5, 0.6) is 0 Å².